The van der Waals surface area contributed by atoms with Crippen LogP contribution >= 0.6 is 11.3 Å². The Morgan fingerprint density at radius 2 is 2.05 bits per heavy atom. The predicted molar refractivity (Wildman–Crippen MR) is 76.5 cm³/mol. The summed E-state index contributed by atoms with van der Waals surface area (Å²) in [6.45, 7) is 8.22. The van der Waals surface area contributed by atoms with Crippen molar-refractivity contribution in [2.24, 2.45) is 5.92 Å². The van der Waals surface area contributed by atoms with Crippen molar-refractivity contribution in [3.05, 3.63) is 20.2 Å². The maximum Gasteiger partial charge on any atom is 0.307 e. The molecule has 1 heterocycles. The monoisotopic (exact) mass is 286 g/mol. The number of aryl methyl sites for hydroxylation is 1. The predicted octanol–water partition coefficient (Wildman–Crippen LogP) is 1.05. The Bertz CT molecular complexity index is 491. The van der Waals surface area contributed by atoms with Crippen molar-refractivity contribution in [3.8, 4) is 0 Å². The van der Waals surface area contributed by atoms with Crippen LogP contribution in [0, 0.1) is 19.8 Å². The standard InChI is InChI=1S/C13H22N2O3S/c1-8(2)11(16)7-14-12(17)5-6-15-9(3)10(4)19-13(15)18/h8,11,16H,5-7H2,1-4H3,(H,14,17). The van der Waals surface area contributed by atoms with Gasteiger partial charge in [-0.15, -0.1) is 0 Å². The normalized spacial score (nSPS) is 12.7. The van der Waals surface area contributed by atoms with E-state index < -0.39 is 6.10 Å². The van der Waals surface area contributed by atoms with Crippen LogP contribution in [0.5, 0.6) is 0 Å². The van der Waals surface area contributed by atoms with E-state index in [0.29, 0.717) is 6.54 Å². The van der Waals surface area contributed by atoms with Gasteiger partial charge < -0.3 is 15.0 Å². The van der Waals surface area contributed by atoms with E-state index >= 15 is 0 Å². The number of aromatic nitrogens is 1. The molecule has 0 radical (unpaired) electrons. The average Bonchev–Trinajstić information content (AvgIpc) is 2.58. The zero-order valence-corrected chi connectivity index (χ0v) is 12.7. The van der Waals surface area contributed by atoms with Crippen LogP contribution in [0.2, 0.25) is 0 Å². The van der Waals surface area contributed by atoms with Gasteiger partial charge in [-0.3, -0.25) is 9.59 Å². The number of rotatable bonds is 6. The largest absolute Gasteiger partial charge is 0.391 e. The number of nitrogens with one attached hydrogen (secondary N) is 1. The number of nitrogens with zero attached hydrogens (tertiary/aromatic N) is 1. The Labute approximate surface area is 117 Å². The molecule has 1 aromatic rings. The first-order valence-corrected chi connectivity index (χ1v) is 7.26. The third kappa shape index (κ3) is 4.47. The Kier molecular flexibility index (Phi) is 5.75. The highest BCUT2D eigenvalue weighted by Crippen LogP contribution is 2.09. The minimum Gasteiger partial charge on any atom is -0.391 e. The maximum atomic E-state index is 11.6. The van der Waals surface area contributed by atoms with Gasteiger partial charge in [-0.05, 0) is 19.8 Å². The van der Waals surface area contributed by atoms with Crippen molar-refractivity contribution in [2.75, 3.05) is 6.54 Å². The molecule has 0 aliphatic heterocycles. The lowest BCUT2D eigenvalue weighted by Gasteiger charge is -2.15. The Hall–Kier alpha value is -1.14. The summed E-state index contributed by atoms with van der Waals surface area (Å²) in [6, 6.07) is 0. The number of aliphatic hydroxyl groups excluding tert-OH is 1. The van der Waals surface area contributed by atoms with Gasteiger partial charge in [-0.25, -0.2) is 0 Å². The van der Waals surface area contributed by atoms with E-state index in [1.165, 1.54) is 11.3 Å². The molecule has 0 saturated carbocycles. The Balaban J connectivity index is 2.44. The van der Waals surface area contributed by atoms with Gasteiger partial charge in [0, 0.05) is 30.1 Å². The third-order valence-electron chi connectivity index (χ3n) is 3.22. The first-order chi connectivity index (χ1) is 8.82. The Morgan fingerprint density at radius 1 is 1.42 bits per heavy atom. The van der Waals surface area contributed by atoms with E-state index in [0.717, 1.165) is 10.6 Å². The summed E-state index contributed by atoms with van der Waals surface area (Å²) >= 11 is 1.21. The van der Waals surface area contributed by atoms with E-state index in [1.807, 2.05) is 27.7 Å². The molecule has 1 amide bonds. The highest BCUT2D eigenvalue weighted by Gasteiger charge is 2.12. The van der Waals surface area contributed by atoms with Crippen molar-refractivity contribution < 1.29 is 9.90 Å². The molecule has 6 heteroatoms. The molecule has 0 aromatic carbocycles. The number of aliphatic hydroxyl groups is 1. The van der Waals surface area contributed by atoms with Crippen molar-refractivity contribution in [2.45, 2.75) is 46.8 Å². The molecule has 1 aromatic heterocycles. The highest BCUT2D eigenvalue weighted by molar-refractivity contribution is 7.09. The smallest absolute Gasteiger partial charge is 0.307 e. The number of thiazole rings is 1. The molecule has 0 saturated heterocycles. The van der Waals surface area contributed by atoms with E-state index in [9.17, 15) is 14.7 Å². The van der Waals surface area contributed by atoms with E-state index in [2.05, 4.69) is 5.32 Å². The second kappa shape index (κ2) is 6.86. The highest BCUT2D eigenvalue weighted by atomic mass is 32.1. The molecule has 0 spiro atoms. The quantitative estimate of drug-likeness (QED) is 0.821. The van der Waals surface area contributed by atoms with Crippen molar-refractivity contribution in [3.63, 3.8) is 0 Å². The number of carbonyl (C=O) groups excluding carboxylic acids is 1. The summed E-state index contributed by atoms with van der Waals surface area (Å²) in [4.78, 5) is 24.2. The summed E-state index contributed by atoms with van der Waals surface area (Å²) in [5.74, 6) is -0.0282. The van der Waals surface area contributed by atoms with Crippen LogP contribution < -0.4 is 10.2 Å². The fourth-order valence-electron chi connectivity index (χ4n) is 1.60. The number of amides is 1. The van der Waals surface area contributed by atoms with E-state index in [-0.39, 0.29) is 29.7 Å². The van der Waals surface area contributed by atoms with E-state index in [4.69, 9.17) is 0 Å². The number of carbonyl (C=O) groups is 1. The molecule has 1 unspecified atom stereocenters. The van der Waals surface area contributed by atoms with Gasteiger partial charge in [-0.2, -0.15) is 0 Å². The van der Waals surface area contributed by atoms with Gasteiger partial charge in [0.05, 0.1) is 6.10 Å². The maximum absolute atomic E-state index is 11.6. The van der Waals surface area contributed by atoms with Crippen molar-refractivity contribution in [1.29, 1.82) is 0 Å². The zero-order chi connectivity index (χ0) is 14.6. The summed E-state index contributed by atoms with van der Waals surface area (Å²) in [5, 5.41) is 12.3. The van der Waals surface area contributed by atoms with Crippen molar-refractivity contribution >= 4 is 17.2 Å². The van der Waals surface area contributed by atoms with E-state index in [1.54, 1.807) is 4.57 Å². The summed E-state index contributed by atoms with van der Waals surface area (Å²) in [5.41, 5.74) is 0.921. The second-order valence-electron chi connectivity index (χ2n) is 5.03. The molecular formula is C13H22N2O3S. The lowest BCUT2D eigenvalue weighted by atomic mass is 10.1. The van der Waals surface area contributed by atoms with Crippen molar-refractivity contribution in [1.82, 2.24) is 9.88 Å². The summed E-state index contributed by atoms with van der Waals surface area (Å²) in [7, 11) is 0. The summed E-state index contributed by atoms with van der Waals surface area (Å²) in [6.07, 6.45) is -0.279. The van der Waals surface area contributed by atoms with Crippen LogP contribution in [0.15, 0.2) is 4.79 Å². The lowest BCUT2D eigenvalue weighted by Crippen LogP contribution is -2.35. The van der Waals surface area contributed by atoms with Gasteiger partial charge in [-0.1, -0.05) is 25.2 Å². The van der Waals surface area contributed by atoms with Crippen LogP contribution in [0.4, 0.5) is 0 Å². The minimum absolute atomic E-state index is 0.0231. The van der Waals surface area contributed by atoms with Crippen LogP contribution in [-0.4, -0.2) is 28.2 Å². The van der Waals surface area contributed by atoms with Crippen LogP contribution in [0.25, 0.3) is 0 Å². The van der Waals surface area contributed by atoms with Gasteiger partial charge in [0.1, 0.15) is 0 Å². The molecule has 0 aliphatic rings. The fourth-order valence-corrected chi connectivity index (χ4v) is 2.46. The SMILES string of the molecule is Cc1sc(=O)n(CCC(=O)NCC(O)C(C)C)c1C. The molecule has 1 rings (SSSR count). The summed E-state index contributed by atoms with van der Waals surface area (Å²) < 4.78 is 1.62. The molecule has 1 atom stereocenters. The molecule has 19 heavy (non-hydrogen) atoms. The second-order valence-corrected chi connectivity index (χ2v) is 6.19. The number of hydrogen-bond donors (Lipinski definition) is 2. The van der Waals surface area contributed by atoms with Gasteiger partial charge >= 0.3 is 4.87 Å². The molecule has 0 aliphatic carbocycles. The molecule has 0 bridgehead atoms. The van der Waals surface area contributed by atoms with Gasteiger partial charge in [0.2, 0.25) is 5.91 Å². The fraction of sp³-hybridized carbons (Fsp3) is 0.692. The lowest BCUT2D eigenvalue weighted by molar-refractivity contribution is -0.121. The van der Waals surface area contributed by atoms with Gasteiger partial charge in [0.25, 0.3) is 0 Å². The molecule has 0 fully saturated rings. The average molecular weight is 286 g/mol. The molecular weight excluding hydrogens is 264 g/mol. The van der Waals surface area contributed by atoms with Crippen LogP contribution in [-0.2, 0) is 11.3 Å². The molecule has 108 valence electrons. The topological polar surface area (TPSA) is 71.3 Å². The van der Waals surface area contributed by atoms with Crippen LogP contribution in [0.3, 0.4) is 0 Å². The van der Waals surface area contributed by atoms with Crippen LogP contribution in [0.1, 0.15) is 30.8 Å². The minimum atomic E-state index is -0.531. The third-order valence-corrected chi connectivity index (χ3v) is 4.21. The molecule has 5 nitrogen and oxygen atoms in total. The zero-order valence-electron chi connectivity index (χ0n) is 11.9. The van der Waals surface area contributed by atoms with Gasteiger partial charge in [0.15, 0.2) is 0 Å². The molecule has 2 N–H and O–H groups in total. The Morgan fingerprint density at radius 3 is 2.53 bits per heavy atom. The number of hydrogen-bond acceptors (Lipinski definition) is 4. The first-order valence-electron chi connectivity index (χ1n) is 6.44. The first kappa shape index (κ1) is 15.9.